The average Bonchev–Trinajstić information content (AvgIpc) is 2.80. The topological polar surface area (TPSA) is 38.8 Å². The van der Waals surface area contributed by atoms with E-state index >= 15 is 0 Å². The van der Waals surface area contributed by atoms with Gasteiger partial charge < -0.3 is 9.16 Å². The number of hydrogen-bond donors (Lipinski definition) is 0. The van der Waals surface area contributed by atoms with Crippen molar-refractivity contribution in [1.82, 2.24) is 4.90 Å². The Hall–Kier alpha value is -3.07. The van der Waals surface area contributed by atoms with Crippen molar-refractivity contribution in [3.63, 3.8) is 0 Å². The average molecular weight is 460 g/mol. The standard InChI is InChI=1S/C28H33NO3Si/c1-6-7-20-27(32-33(3,4)5)29(28(30)31-21-23-14-9-8-10-15-23)22(2)25-19-13-17-24-16-11-12-18-26(24)25/h1,8-19,22,27H,7,20-21H2,2-5H3/t22-,27?/m0/s1. The van der Waals surface area contributed by atoms with Gasteiger partial charge in [-0.05, 0) is 48.5 Å². The summed E-state index contributed by atoms with van der Waals surface area (Å²) in [5, 5.41) is 2.24. The molecule has 3 aromatic rings. The molecule has 0 aliphatic rings. The van der Waals surface area contributed by atoms with Crippen molar-refractivity contribution in [1.29, 1.82) is 0 Å². The third kappa shape index (κ3) is 6.71. The maximum Gasteiger partial charge on any atom is 0.412 e. The Bertz CT molecular complexity index is 1100. The third-order valence-corrected chi connectivity index (χ3v) is 6.42. The number of ether oxygens (including phenoxy) is 1. The highest BCUT2D eigenvalue weighted by molar-refractivity contribution is 6.69. The van der Waals surface area contributed by atoms with Crippen LogP contribution in [0.15, 0.2) is 72.8 Å². The van der Waals surface area contributed by atoms with Crippen molar-refractivity contribution in [2.45, 2.75) is 58.3 Å². The minimum absolute atomic E-state index is 0.202. The van der Waals surface area contributed by atoms with Crippen LogP contribution in [0.25, 0.3) is 10.8 Å². The fourth-order valence-electron chi connectivity index (χ4n) is 3.95. The molecule has 33 heavy (non-hydrogen) atoms. The number of carbonyl (C=O) groups excluding carboxylic acids is 1. The van der Waals surface area contributed by atoms with Gasteiger partial charge in [0.05, 0.1) is 6.04 Å². The summed E-state index contributed by atoms with van der Waals surface area (Å²) in [6.07, 6.45) is 5.78. The van der Waals surface area contributed by atoms with Gasteiger partial charge in [0.2, 0.25) is 0 Å². The summed E-state index contributed by atoms with van der Waals surface area (Å²) in [6, 6.07) is 23.8. The zero-order valence-corrected chi connectivity index (χ0v) is 21.0. The summed E-state index contributed by atoms with van der Waals surface area (Å²) in [6.45, 7) is 8.58. The number of nitrogens with zero attached hydrogens (tertiary/aromatic N) is 1. The Balaban J connectivity index is 1.98. The molecule has 5 heteroatoms. The monoisotopic (exact) mass is 459 g/mol. The van der Waals surface area contributed by atoms with E-state index in [0.29, 0.717) is 12.8 Å². The lowest BCUT2D eigenvalue weighted by molar-refractivity contribution is -0.0150. The lowest BCUT2D eigenvalue weighted by atomic mass is 9.98. The van der Waals surface area contributed by atoms with E-state index in [0.717, 1.165) is 21.9 Å². The summed E-state index contributed by atoms with van der Waals surface area (Å²) >= 11 is 0. The molecular formula is C28H33NO3Si. The highest BCUT2D eigenvalue weighted by Gasteiger charge is 2.34. The predicted molar refractivity (Wildman–Crippen MR) is 137 cm³/mol. The minimum atomic E-state index is -1.98. The Kier molecular flexibility index (Phi) is 8.32. The van der Waals surface area contributed by atoms with E-state index < -0.39 is 20.6 Å². The van der Waals surface area contributed by atoms with Gasteiger partial charge in [0.15, 0.2) is 8.32 Å². The Morgan fingerprint density at radius 1 is 1.00 bits per heavy atom. The van der Waals surface area contributed by atoms with Gasteiger partial charge in [-0.2, -0.15) is 0 Å². The fraction of sp³-hybridized carbons (Fsp3) is 0.321. The van der Waals surface area contributed by atoms with E-state index in [1.54, 1.807) is 4.90 Å². The summed E-state index contributed by atoms with van der Waals surface area (Å²) < 4.78 is 12.3. The zero-order valence-electron chi connectivity index (χ0n) is 20.0. The molecule has 0 N–H and O–H groups in total. The lowest BCUT2D eigenvalue weighted by Crippen LogP contribution is -2.48. The molecule has 0 aromatic heterocycles. The quantitative estimate of drug-likeness (QED) is 0.194. The molecular weight excluding hydrogens is 426 g/mol. The van der Waals surface area contributed by atoms with Crippen LogP contribution in [0.5, 0.6) is 0 Å². The Morgan fingerprint density at radius 3 is 2.36 bits per heavy atom. The van der Waals surface area contributed by atoms with Crippen LogP contribution in [0.1, 0.15) is 36.9 Å². The van der Waals surface area contributed by atoms with Crippen molar-refractivity contribution in [2.24, 2.45) is 0 Å². The van der Waals surface area contributed by atoms with Gasteiger partial charge >= 0.3 is 6.09 Å². The molecule has 0 aliphatic carbocycles. The van der Waals surface area contributed by atoms with Crippen molar-refractivity contribution in [3.8, 4) is 12.3 Å². The van der Waals surface area contributed by atoms with Crippen LogP contribution >= 0.6 is 0 Å². The number of terminal acetylenes is 1. The van der Waals surface area contributed by atoms with E-state index in [2.05, 4.69) is 49.8 Å². The molecule has 0 spiro atoms. The SMILES string of the molecule is C#CCCC(O[Si](C)(C)C)N(C(=O)OCc1ccccc1)[C@@H](C)c1cccc2ccccc12. The van der Waals surface area contributed by atoms with Crippen LogP contribution in [0.4, 0.5) is 4.79 Å². The molecule has 0 radical (unpaired) electrons. The number of fused-ring (bicyclic) bond motifs is 1. The maximum absolute atomic E-state index is 13.5. The first-order valence-electron chi connectivity index (χ1n) is 11.4. The van der Waals surface area contributed by atoms with E-state index in [1.807, 2.05) is 55.5 Å². The van der Waals surface area contributed by atoms with E-state index in [1.165, 1.54) is 0 Å². The van der Waals surface area contributed by atoms with Gasteiger partial charge in [0.1, 0.15) is 12.8 Å². The fourth-order valence-corrected chi connectivity index (χ4v) is 5.00. The third-order valence-electron chi connectivity index (χ3n) is 5.44. The van der Waals surface area contributed by atoms with Crippen molar-refractivity contribution >= 4 is 25.2 Å². The summed E-state index contributed by atoms with van der Waals surface area (Å²) in [5.41, 5.74) is 1.99. The molecule has 0 bridgehead atoms. The summed E-state index contributed by atoms with van der Waals surface area (Å²) in [7, 11) is -1.98. The Morgan fingerprint density at radius 2 is 1.67 bits per heavy atom. The second-order valence-corrected chi connectivity index (χ2v) is 13.6. The first-order chi connectivity index (χ1) is 15.8. The second kappa shape index (κ2) is 11.2. The van der Waals surface area contributed by atoms with Crippen LogP contribution in [0.2, 0.25) is 19.6 Å². The van der Waals surface area contributed by atoms with Crippen LogP contribution in [0, 0.1) is 12.3 Å². The van der Waals surface area contributed by atoms with Gasteiger partial charge in [-0.3, -0.25) is 4.90 Å². The summed E-state index contributed by atoms with van der Waals surface area (Å²) in [5.74, 6) is 2.70. The van der Waals surface area contributed by atoms with Crippen LogP contribution in [-0.4, -0.2) is 25.5 Å². The molecule has 3 aromatic carbocycles. The van der Waals surface area contributed by atoms with Gasteiger partial charge in [0, 0.05) is 12.8 Å². The van der Waals surface area contributed by atoms with Crippen LogP contribution in [-0.2, 0) is 15.8 Å². The summed E-state index contributed by atoms with van der Waals surface area (Å²) in [4.78, 5) is 15.3. The van der Waals surface area contributed by atoms with Crippen LogP contribution in [0.3, 0.4) is 0 Å². The molecule has 0 saturated carbocycles. The molecule has 1 amide bonds. The lowest BCUT2D eigenvalue weighted by Gasteiger charge is -2.39. The molecule has 3 rings (SSSR count). The van der Waals surface area contributed by atoms with Gasteiger partial charge in [-0.1, -0.05) is 72.8 Å². The number of rotatable bonds is 9. The van der Waals surface area contributed by atoms with Gasteiger partial charge in [0.25, 0.3) is 0 Å². The number of hydrogen-bond acceptors (Lipinski definition) is 3. The first-order valence-corrected chi connectivity index (χ1v) is 14.8. The Labute approximate surface area is 198 Å². The molecule has 4 nitrogen and oxygen atoms in total. The minimum Gasteiger partial charge on any atom is -0.444 e. The van der Waals surface area contributed by atoms with E-state index in [-0.39, 0.29) is 12.6 Å². The zero-order chi connectivity index (χ0) is 23.8. The largest absolute Gasteiger partial charge is 0.444 e. The van der Waals surface area contributed by atoms with Crippen molar-refractivity contribution in [3.05, 3.63) is 83.9 Å². The number of benzene rings is 3. The molecule has 2 atom stereocenters. The number of amides is 1. The molecule has 0 saturated heterocycles. The van der Waals surface area contributed by atoms with Gasteiger partial charge in [-0.25, -0.2) is 4.79 Å². The van der Waals surface area contributed by atoms with E-state index in [9.17, 15) is 4.79 Å². The smallest absolute Gasteiger partial charge is 0.412 e. The van der Waals surface area contributed by atoms with Crippen molar-refractivity contribution < 1.29 is 14.0 Å². The number of carbonyl (C=O) groups is 1. The first kappa shape index (κ1) is 24.6. The van der Waals surface area contributed by atoms with Crippen LogP contribution < -0.4 is 0 Å². The van der Waals surface area contributed by atoms with Crippen molar-refractivity contribution in [2.75, 3.05) is 0 Å². The highest BCUT2D eigenvalue weighted by Crippen LogP contribution is 2.32. The second-order valence-electron chi connectivity index (χ2n) is 9.12. The normalized spacial score (nSPS) is 13.2. The molecule has 0 heterocycles. The van der Waals surface area contributed by atoms with Gasteiger partial charge in [-0.15, -0.1) is 12.3 Å². The molecule has 1 unspecified atom stereocenters. The highest BCUT2D eigenvalue weighted by atomic mass is 28.4. The predicted octanol–water partition coefficient (Wildman–Crippen LogP) is 7.13. The molecule has 172 valence electrons. The van der Waals surface area contributed by atoms with E-state index in [4.69, 9.17) is 15.6 Å². The molecule has 0 aliphatic heterocycles. The molecule has 0 fully saturated rings. The maximum atomic E-state index is 13.5.